The zero-order valence-electron chi connectivity index (χ0n) is 15.0. The Bertz CT molecular complexity index is 1090. The molecule has 4 rings (SSSR count). The van der Waals surface area contributed by atoms with Crippen LogP contribution in [0.15, 0.2) is 52.5 Å². The number of anilines is 1. The number of benzene rings is 1. The van der Waals surface area contributed by atoms with E-state index in [9.17, 15) is 4.79 Å². The highest BCUT2D eigenvalue weighted by Gasteiger charge is 2.10. The van der Waals surface area contributed by atoms with Gasteiger partial charge in [0.25, 0.3) is 11.9 Å². The molecule has 0 bridgehead atoms. The van der Waals surface area contributed by atoms with Crippen LogP contribution >= 0.6 is 11.3 Å². The number of nitrogens with zero attached hydrogens (tertiary/aromatic N) is 3. The zero-order valence-corrected chi connectivity index (χ0v) is 15.8. The number of hydrogen-bond donors (Lipinski definition) is 2. The van der Waals surface area contributed by atoms with Gasteiger partial charge in [-0.2, -0.15) is 4.98 Å². The molecule has 8 nitrogen and oxygen atoms in total. The van der Waals surface area contributed by atoms with Crippen LogP contribution in [0.3, 0.4) is 0 Å². The number of rotatable bonds is 7. The molecule has 0 saturated heterocycles. The van der Waals surface area contributed by atoms with E-state index in [0.29, 0.717) is 29.6 Å². The van der Waals surface area contributed by atoms with Crippen LogP contribution in [-0.4, -0.2) is 34.5 Å². The van der Waals surface area contributed by atoms with Gasteiger partial charge in [-0.05, 0) is 18.2 Å². The number of oxazole rings is 1. The molecular weight excluding hydrogens is 378 g/mol. The van der Waals surface area contributed by atoms with Gasteiger partial charge in [0.15, 0.2) is 5.58 Å². The second-order valence-corrected chi connectivity index (χ2v) is 6.79. The minimum Gasteiger partial charge on any atom is -0.457 e. The number of fused-ring (bicyclic) bond motifs is 1. The van der Waals surface area contributed by atoms with Gasteiger partial charge < -0.3 is 19.8 Å². The molecule has 0 saturated carbocycles. The van der Waals surface area contributed by atoms with E-state index in [1.807, 2.05) is 11.4 Å². The topological polar surface area (TPSA) is 102 Å². The summed E-state index contributed by atoms with van der Waals surface area (Å²) >= 11 is 1.62. The minimum atomic E-state index is -0.274. The lowest BCUT2D eigenvalue weighted by Crippen LogP contribution is -2.18. The molecule has 4 aromatic rings. The lowest BCUT2D eigenvalue weighted by molar-refractivity contribution is 0.0958. The van der Waals surface area contributed by atoms with Crippen molar-refractivity contribution >= 4 is 34.4 Å². The Hall–Kier alpha value is -3.46. The fraction of sp³-hybridized carbons (Fsp3) is 0.158. The van der Waals surface area contributed by atoms with Crippen molar-refractivity contribution in [3.05, 3.63) is 58.8 Å². The average Bonchev–Trinajstić information content (AvgIpc) is 3.37. The second-order valence-electron chi connectivity index (χ2n) is 5.81. The Morgan fingerprint density at radius 2 is 2.07 bits per heavy atom. The van der Waals surface area contributed by atoms with Crippen molar-refractivity contribution in [2.24, 2.45) is 0 Å². The van der Waals surface area contributed by atoms with Gasteiger partial charge in [-0.15, -0.1) is 11.3 Å². The first-order chi connectivity index (χ1) is 13.7. The van der Waals surface area contributed by atoms with Gasteiger partial charge in [0, 0.05) is 49.9 Å². The van der Waals surface area contributed by atoms with E-state index in [2.05, 4.69) is 25.6 Å². The fourth-order valence-corrected chi connectivity index (χ4v) is 3.18. The predicted octanol–water partition coefficient (Wildman–Crippen LogP) is 3.49. The maximum absolute atomic E-state index is 11.7. The SMILES string of the molecule is CNC(=O)c1cc(Oc2ccc3nc(NCCc4nccs4)oc3c2)ccn1. The van der Waals surface area contributed by atoms with E-state index >= 15 is 0 Å². The molecule has 142 valence electrons. The van der Waals surface area contributed by atoms with Crippen LogP contribution in [0.2, 0.25) is 0 Å². The van der Waals surface area contributed by atoms with Gasteiger partial charge in [0.2, 0.25) is 0 Å². The lowest BCUT2D eigenvalue weighted by Gasteiger charge is -2.06. The van der Waals surface area contributed by atoms with E-state index in [-0.39, 0.29) is 11.6 Å². The minimum absolute atomic E-state index is 0.274. The van der Waals surface area contributed by atoms with Crippen molar-refractivity contribution in [2.75, 3.05) is 18.9 Å². The van der Waals surface area contributed by atoms with Crippen molar-refractivity contribution in [3.63, 3.8) is 0 Å². The monoisotopic (exact) mass is 395 g/mol. The third kappa shape index (κ3) is 4.09. The van der Waals surface area contributed by atoms with Gasteiger partial charge >= 0.3 is 0 Å². The molecule has 3 heterocycles. The van der Waals surface area contributed by atoms with Crippen molar-refractivity contribution < 1.29 is 13.9 Å². The Labute approximate surface area is 164 Å². The maximum Gasteiger partial charge on any atom is 0.295 e. The number of amides is 1. The maximum atomic E-state index is 11.7. The highest BCUT2D eigenvalue weighted by atomic mass is 32.1. The van der Waals surface area contributed by atoms with Gasteiger partial charge in [-0.3, -0.25) is 9.78 Å². The molecule has 3 aromatic heterocycles. The van der Waals surface area contributed by atoms with Gasteiger partial charge in [-0.1, -0.05) is 0 Å². The number of ether oxygens (including phenoxy) is 1. The summed E-state index contributed by atoms with van der Waals surface area (Å²) in [5.74, 6) is 0.811. The van der Waals surface area contributed by atoms with Crippen molar-refractivity contribution in [2.45, 2.75) is 6.42 Å². The summed E-state index contributed by atoms with van der Waals surface area (Å²) in [6, 6.07) is 9.09. The first-order valence-electron chi connectivity index (χ1n) is 8.60. The van der Waals surface area contributed by atoms with Crippen LogP contribution in [-0.2, 0) is 6.42 Å². The number of thiazole rings is 1. The average molecular weight is 395 g/mol. The molecule has 0 radical (unpaired) electrons. The smallest absolute Gasteiger partial charge is 0.295 e. The first kappa shape index (κ1) is 17.9. The molecule has 0 aliphatic carbocycles. The molecule has 1 aromatic carbocycles. The summed E-state index contributed by atoms with van der Waals surface area (Å²) in [5.41, 5.74) is 1.62. The molecule has 28 heavy (non-hydrogen) atoms. The molecule has 9 heteroatoms. The van der Waals surface area contributed by atoms with Crippen LogP contribution in [0.25, 0.3) is 11.1 Å². The molecule has 0 unspecified atom stereocenters. The Balaban J connectivity index is 1.45. The first-order valence-corrected chi connectivity index (χ1v) is 9.48. The van der Waals surface area contributed by atoms with Crippen molar-refractivity contribution in [1.82, 2.24) is 20.3 Å². The number of carbonyl (C=O) groups is 1. The summed E-state index contributed by atoms with van der Waals surface area (Å²) in [6.45, 7) is 0.684. The van der Waals surface area contributed by atoms with E-state index < -0.39 is 0 Å². The third-order valence-corrected chi connectivity index (χ3v) is 4.72. The summed E-state index contributed by atoms with van der Waals surface area (Å²) in [7, 11) is 1.55. The van der Waals surface area contributed by atoms with Gasteiger partial charge in [0.05, 0.1) is 5.01 Å². The van der Waals surface area contributed by atoms with E-state index in [0.717, 1.165) is 16.9 Å². The van der Waals surface area contributed by atoms with Gasteiger partial charge in [0.1, 0.15) is 22.7 Å². The molecule has 1 amide bonds. The molecule has 0 spiro atoms. The fourth-order valence-electron chi connectivity index (χ4n) is 2.56. The number of pyridine rings is 1. The summed E-state index contributed by atoms with van der Waals surface area (Å²) < 4.78 is 11.6. The molecule has 2 N–H and O–H groups in total. The van der Waals surface area contributed by atoms with Gasteiger partial charge in [-0.25, -0.2) is 4.98 Å². The van der Waals surface area contributed by atoms with Crippen LogP contribution in [0.4, 0.5) is 6.01 Å². The number of nitrogens with one attached hydrogen (secondary N) is 2. The van der Waals surface area contributed by atoms with E-state index in [4.69, 9.17) is 9.15 Å². The van der Waals surface area contributed by atoms with Crippen LogP contribution in [0.5, 0.6) is 11.5 Å². The normalized spacial score (nSPS) is 10.8. The molecule has 0 aliphatic rings. The van der Waals surface area contributed by atoms with E-state index in [1.165, 1.54) is 6.20 Å². The predicted molar refractivity (Wildman–Crippen MR) is 106 cm³/mol. The largest absolute Gasteiger partial charge is 0.457 e. The highest BCUT2D eigenvalue weighted by molar-refractivity contribution is 7.09. The summed E-state index contributed by atoms with van der Waals surface area (Å²) in [5, 5.41) is 8.72. The molecular formula is C19H17N5O3S. The Morgan fingerprint density at radius 1 is 1.18 bits per heavy atom. The number of carbonyl (C=O) groups excluding carboxylic acids is 1. The Kier molecular flexibility index (Phi) is 5.16. The van der Waals surface area contributed by atoms with Crippen LogP contribution in [0, 0.1) is 0 Å². The zero-order chi connectivity index (χ0) is 19.3. The molecule has 0 fully saturated rings. The Morgan fingerprint density at radius 3 is 2.89 bits per heavy atom. The summed E-state index contributed by atoms with van der Waals surface area (Å²) in [6.07, 6.45) is 4.12. The van der Waals surface area contributed by atoms with Crippen molar-refractivity contribution in [3.8, 4) is 11.5 Å². The standard InChI is InChI=1S/C19H17N5O3S/c1-20-18(25)15-10-13(4-6-21-15)26-12-2-3-14-16(11-12)27-19(24-14)23-7-5-17-22-8-9-28-17/h2-4,6,8-11H,5,7H2,1H3,(H,20,25)(H,23,24). The van der Waals surface area contributed by atoms with Crippen LogP contribution in [0.1, 0.15) is 15.5 Å². The second kappa shape index (κ2) is 8.05. The quantitative estimate of drug-likeness (QED) is 0.494. The highest BCUT2D eigenvalue weighted by Crippen LogP contribution is 2.27. The molecule has 0 atom stereocenters. The lowest BCUT2D eigenvalue weighted by atomic mass is 10.3. The number of hydrogen-bond acceptors (Lipinski definition) is 8. The third-order valence-electron chi connectivity index (χ3n) is 3.89. The molecule has 0 aliphatic heterocycles. The van der Waals surface area contributed by atoms with E-state index in [1.54, 1.807) is 48.8 Å². The van der Waals surface area contributed by atoms with Crippen LogP contribution < -0.4 is 15.4 Å². The van der Waals surface area contributed by atoms with Crippen molar-refractivity contribution in [1.29, 1.82) is 0 Å². The summed E-state index contributed by atoms with van der Waals surface area (Å²) in [4.78, 5) is 24.4. The number of aromatic nitrogens is 3.